The number of hydrogen-bond acceptors (Lipinski definition) is 6. The summed E-state index contributed by atoms with van der Waals surface area (Å²) in [4.78, 5) is 50.3. The highest BCUT2D eigenvalue weighted by Crippen LogP contribution is 2.32. The predicted molar refractivity (Wildman–Crippen MR) is 135 cm³/mol. The number of fused-ring (bicyclic) bond motifs is 1. The van der Waals surface area contributed by atoms with Crippen LogP contribution >= 0.6 is 0 Å². The maximum absolute atomic E-state index is 15.1. The molecule has 0 spiro atoms. The number of amides is 1. The molecular weight excluding hydrogens is 467 g/mol. The van der Waals surface area contributed by atoms with Gasteiger partial charge in [0.2, 0.25) is 5.91 Å². The average Bonchev–Trinajstić information content (AvgIpc) is 3.38. The number of hydrogen-bond donors (Lipinski definition) is 2. The van der Waals surface area contributed by atoms with E-state index in [1.54, 1.807) is 17.6 Å². The Balaban J connectivity index is 1.65. The summed E-state index contributed by atoms with van der Waals surface area (Å²) in [6, 6.07) is 2.95. The molecule has 0 aliphatic heterocycles. The van der Waals surface area contributed by atoms with Gasteiger partial charge in [0.05, 0.1) is 23.2 Å². The first-order chi connectivity index (χ1) is 17.4. The Morgan fingerprint density at radius 2 is 1.75 bits per heavy atom. The van der Waals surface area contributed by atoms with Gasteiger partial charge < -0.3 is 15.4 Å². The zero-order valence-electron chi connectivity index (χ0n) is 20.8. The number of nitrogens with zero attached hydrogens (tertiary/aromatic N) is 2. The number of benzene rings is 1. The van der Waals surface area contributed by atoms with Crippen molar-refractivity contribution in [3.8, 4) is 0 Å². The summed E-state index contributed by atoms with van der Waals surface area (Å²) >= 11 is 0. The molecule has 9 nitrogen and oxygen atoms in total. The fourth-order valence-electron chi connectivity index (χ4n) is 5.40. The molecule has 0 radical (unpaired) electrons. The maximum atomic E-state index is 15.1. The Kier molecular flexibility index (Phi) is 8.43. The van der Waals surface area contributed by atoms with E-state index >= 15 is 4.39 Å². The van der Waals surface area contributed by atoms with Crippen LogP contribution in [0, 0.1) is 5.82 Å². The molecule has 2 fully saturated rings. The van der Waals surface area contributed by atoms with Gasteiger partial charge in [-0.05, 0) is 44.7 Å². The minimum Gasteiger partial charge on any atom is -0.466 e. The summed E-state index contributed by atoms with van der Waals surface area (Å²) in [5, 5.41) is 5.99. The average molecular weight is 503 g/mol. The molecule has 2 N–H and O–H groups in total. The molecule has 0 bridgehead atoms. The van der Waals surface area contributed by atoms with Gasteiger partial charge in [-0.25, -0.2) is 9.18 Å². The molecule has 1 heterocycles. The monoisotopic (exact) mass is 502 g/mol. The van der Waals surface area contributed by atoms with Gasteiger partial charge >= 0.3 is 11.7 Å². The first kappa shape index (κ1) is 25.9. The van der Waals surface area contributed by atoms with E-state index in [2.05, 4.69) is 10.6 Å². The van der Waals surface area contributed by atoms with Crippen molar-refractivity contribution in [2.24, 2.45) is 0 Å². The van der Waals surface area contributed by atoms with E-state index in [9.17, 15) is 19.2 Å². The second kappa shape index (κ2) is 11.7. The SMILES string of the molecule is CCOC(=O)CC(=O)NCCn1c(=O)c2cc(F)c(NC3CCCCC3)cc2n(C2CCCC2)c1=O. The minimum absolute atomic E-state index is 0.0205. The van der Waals surface area contributed by atoms with Crippen LogP contribution in [0.4, 0.5) is 10.1 Å². The molecule has 2 aliphatic carbocycles. The lowest BCUT2D eigenvalue weighted by atomic mass is 9.95. The summed E-state index contributed by atoms with van der Waals surface area (Å²) < 4.78 is 22.6. The quantitative estimate of drug-likeness (QED) is 0.402. The number of aromatic nitrogens is 2. The Hall–Kier alpha value is -3.17. The summed E-state index contributed by atoms with van der Waals surface area (Å²) in [5.74, 6) is -1.71. The van der Waals surface area contributed by atoms with Crippen LogP contribution in [0.15, 0.2) is 21.7 Å². The number of esters is 1. The van der Waals surface area contributed by atoms with Crippen molar-refractivity contribution < 1.29 is 18.7 Å². The topological polar surface area (TPSA) is 111 Å². The predicted octanol–water partition coefficient (Wildman–Crippen LogP) is 3.23. The van der Waals surface area contributed by atoms with Crippen LogP contribution in [0.1, 0.15) is 77.2 Å². The first-order valence-electron chi connectivity index (χ1n) is 13.1. The minimum atomic E-state index is -0.644. The number of halogens is 1. The summed E-state index contributed by atoms with van der Waals surface area (Å²) in [5.41, 5.74) is -0.288. The smallest absolute Gasteiger partial charge is 0.331 e. The molecule has 4 rings (SSSR count). The van der Waals surface area contributed by atoms with Crippen LogP contribution in [0.3, 0.4) is 0 Å². The number of ether oxygens (including phenoxy) is 1. The lowest BCUT2D eigenvalue weighted by Gasteiger charge is -2.25. The normalized spacial score (nSPS) is 16.8. The van der Waals surface area contributed by atoms with E-state index in [0.717, 1.165) is 55.9 Å². The maximum Gasteiger partial charge on any atom is 0.331 e. The second-order valence-electron chi connectivity index (χ2n) is 9.71. The van der Waals surface area contributed by atoms with Gasteiger partial charge in [0, 0.05) is 25.2 Å². The Morgan fingerprint density at radius 3 is 2.44 bits per heavy atom. The van der Waals surface area contributed by atoms with Crippen LogP contribution < -0.4 is 21.9 Å². The van der Waals surface area contributed by atoms with Gasteiger partial charge in [-0.3, -0.25) is 23.5 Å². The standard InChI is InChI=1S/C26H35FN4O5/c1-2-36-24(33)16-23(32)28-12-13-30-25(34)19-14-20(27)21(29-17-8-4-3-5-9-17)15-22(19)31(26(30)35)18-10-6-7-11-18/h14-15,17-18,29H,2-13,16H2,1H3,(H,28,32). The fraction of sp³-hybridized carbons (Fsp3) is 0.615. The van der Waals surface area contributed by atoms with Crippen molar-refractivity contribution in [3.63, 3.8) is 0 Å². The van der Waals surface area contributed by atoms with E-state index in [1.807, 2.05) is 0 Å². The van der Waals surface area contributed by atoms with E-state index in [0.29, 0.717) is 11.2 Å². The van der Waals surface area contributed by atoms with Crippen LogP contribution in [0.25, 0.3) is 10.9 Å². The molecule has 196 valence electrons. The summed E-state index contributed by atoms with van der Waals surface area (Å²) in [6.07, 6.45) is 8.47. The van der Waals surface area contributed by atoms with Gasteiger partial charge in [0.1, 0.15) is 12.2 Å². The highest BCUT2D eigenvalue weighted by atomic mass is 19.1. The third kappa shape index (κ3) is 5.79. The highest BCUT2D eigenvalue weighted by Gasteiger charge is 2.25. The van der Waals surface area contributed by atoms with Crippen molar-refractivity contribution in [2.75, 3.05) is 18.5 Å². The van der Waals surface area contributed by atoms with Gasteiger partial charge in [0.25, 0.3) is 5.56 Å². The molecule has 2 aromatic rings. The number of carbonyl (C=O) groups excluding carboxylic acids is 2. The van der Waals surface area contributed by atoms with Crippen molar-refractivity contribution >= 4 is 28.5 Å². The Labute approximate surface area is 209 Å². The van der Waals surface area contributed by atoms with Crippen LogP contribution in [-0.4, -0.2) is 40.2 Å². The third-order valence-corrected chi connectivity index (χ3v) is 7.18. The van der Waals surface area contributed by atoms with Crippen molar-refractivity contribution in [2.45, 2.75) is 89.8 Å². The van der Waals surface area contributed by atoms with Crippen LogP contribution in [0.2, 0.25) is 0 Å². The molecule has 10 heteroatoms. The third-order valence-electron chi connectivity index (χ3n) is 7.18. The van der Waals surface area contributed by atoms with E-state index in [4.69, 9.17) is 4.74 Å². The number of nitrogens with one attached hydrogen (secondary N) is 2. The Bertz CT molecular complexity index is 1230. The number of carbonyl (C=O) groups is 2. The van der Waals surface area contributed by atoms with E-state index in [1.165, 1.54) is 12.5 Å². The molecule has 2 saturated carbocycles. The summed E-state index contributed by atoms with van der Waals surface area (Å²) in [6.45, 7) is 1.72. The molecule has 0 atom stereocenters. The lowest BCUT2D eigenvalue weighted by Crippen LogP contribution is -2.43. The van der Waals surface area contributed by atoms with E-state index in [-0.39, 0.29) is 37.2 Å². The van der Waals surface area contributed by atoms with Crippen molar-refractivity contribution in [3.05, 3.63) is 38.8 Å². The van der Waals surface area contributed by atoms with Gasteiger partial charge in [-0.1, -0.05) is 32.1 Å². The lowest BCUT2D eigenvalue weighted by molar-refractivity contribution is -0.145. The largest absolute Gasteiger partial charge is 0.466 e. The van der Waals surface area contributed by atoms with Gasteiger partial charge in [-0.15, -0.1) is 0 Å². The number of anilines is 1. The molecule has 0 unspecified atom stereocenters. The van der Waals surface area contributed by atoms with Crippen LogP contribution in [0.5, 0.6) is 0 Å². The fourth-order valence-corrected chi connectivity index (χ4v) is 5.40. The zero-order valence-corrected chi connectivity index (χ0v) is 20.8. The van der Waals surface area contributed by atoms with Crippen LogP contribution in [-0.2, 0) is 20.9 Å². The van der Waals surface area contributed by atoms with Crippen molar-refractivity contribution in [1.29, 1.82) is 0 Å². The molecule has 1 aromatic heterocycles. The number of rotatable bonds is 9. The molecular formula is C26H35FN4O5. The summed E-state index contributed by atoms with van der Waals surface area (Å²) in [7, 11) is 0. The molecule has 0 saturated heterocycles. The highest BCUT2D eigenvalue weighted by molar-refractivity contribution is 5.94. The van der Waals surface area contributed by atoms with Gasteiger partial charge in [0.15, 0.2) is 0 Å². The molecule has 1 amide bonds. The van der Waals surface area contributed by atoms with E-state index < -0.39 is 35.4 Å². The molecule has 2 aliphatic rings. The van der Waals surface area contributed by atoms with Crippen molar-refractivity contribution in [1.82, 2.24) is 14.5 Å². The Morgan fingerprint density at radius 1 is 1.06 bits per heavy atom. The van der Waals surface area contributed by atoms with Gasteiger partial charge in [-0.2, -0.15) is 0 Å². The zero-order chi connectivity index (χ0) is 25.7. The molecule has 36 heavy (non-hydrogen) atoms. The first-order valence-corrected chi connectivity index (χ1v) is 13.1. The second-order valence-corrected chi connectivity index (χ2v) is 9.71. The molecule has 1 aromatic carbocycles.